The number of Topliss-reactive ketones (excluding diaryl/α,β-unsaturated/α-hetero) is 1. The summed E-state index contributed by atoms with van der Waals surface area (Å²) in [7, 11) is 0. The van der Waals surface area contributed by atoms with Gasteiger partial charge in [0.2, 0.25) is 0 Å². The molecule has 1 heterocycles. The van der Waals surface area contributed by atoms with Crippen molar-refractivity contribution in [1.29, 1.82) is 0 Å². The van der Waals surface area contributed by atoms with Crippen LogP contribution in [0.15, 0.2) is 0 Å². The molecule has 2 atom stereocenters. The highest BCUT2D eigenvalue weighted by atomic mass is 16.5. The van der Waals surface area contributed by atoms with Gasteiger partial charge in [-0.3, -0.25) is 4.79 Å². The first-order valence-electron chi connectivity index (χ1n) is 6.31. The van der Waals surface area contributed by atoms with E-state index < -0.39 is 0 Å². The van der Waals surface area contributed by atoms with Crippen molar-refractivity contribution in [3.05, 3.63) is 0 Å². The number of hydrogen-bond donors (Lipinski definition) is 0. The van der Waals surface area contributed by atoms with E-state index in [0.717, 1.165) is 6.42 Å². The summed E-state index contributed by atoms with van der Waals surface area (Å²) in [5.41, 5.74) is -0.482. The highest BCUT2D eigenvalue weighted by Gasteiger charge is 2.49. The van der Waals surface area contributed by atoms with Crippen LogP contribution in [0.1, 0.15) is 54.9 Å². The fraction of sp³-hybridized carbons (Fsp3) is 0.929. The third kappa shape index (κ3) is 2.65. The third-order valence-corrected chi connectivity index (χ3v) is 3.87. The van der Waals surface area contributed by atoms with Gasteiger partial charge in [0.25, 0.3) is 0 Å². The van der Waals surface area contributed by atoms with Crippen LogP contribution >= 0.6 is 0 Å². The van der Waals surface area contributed by atoms with Gasteiger partial charge in [-0.1, -0.05) is 20.8 Å². The zero-order valence-corrected chi connectivity index (χ0v) is 11.8. The average Bonchev–Trinajstić information content (AvgIpc) is 2.31. The molecule has 0 N–H and O–H groups in total. The van der Waals surface area contributed by atoms with Crippen molar-refractivity contribution in [3.8, 4) is 0 Å². The predicted octanol–water partition coefficient (Wildman–Crippen LogP) is 3.44. The molecule has 2 unspecified atom stereocenters. The molecule has 0 aromatic carbocycles. The van der Waals surface area contributed by atoms with Crippen LogP contribution in [0.4, 0.5) is 0 Å². The van der Waals surface area contributed by atoms with E-state index in [9.17, 15) is 4.79 Å². The van der Waals surface area contributed by atoms with Gasteiger partial charge in [0, 0.05) is 11.8 Å². The van der Waals surface area contributed by atoms with Crippen LogP contribution in [0.25, 0.3) is 0 Å². The van der Waals surface area contributed by atoms with Gasteiger partial charge in [0.15, 0.2) is 0 Å². The van der Waals surface area contributed by atoms with Crippen LogP contribution in [0.2, 0.25) is 0 Å². The number of ketones is 1. The third-order valence-electron chi connectivity index (χ3n) is 3.87. The van der Waals surface area contributed by atoms with Crippen LogP contribution in [0, 0.1) is 17.8 Å². The topological polar surface area (TPSA) is 26.3 Å². The molecule has 2 nitrogen and oxygen atoms in total. The van der Waals surface area contributed by atoms with Crippen LogP contribution in [-0.4, -0.2) is 17.0 Å². The second kappa shape index (κ2) is 4.14. The fourth-order valence-electron chi connectivity index (χ4n) is 2.65. The maximum atomic E-state index is 12.4. The zero-order valence-electron chi connectivity index (χ0n) is 11.8. The lowest BCUT2D eigenvalue weighted by Crippen LogP contribution is -2.37. The second-order valence-corrected chi connectivity index (χ2v) is 6.66. The van der Waals surface area contributed by atoms with E-state index in [-0.39, 0.29) is 23.0 Å². The molecule has 2 heteroatoms. The summed E-state index contributed by atoms with van der Waals surface area (Å²) in [5, 5.41) is 0. The Bertz CT molecular complexity index is 276. The van der Waals surface area contributed by atoms with E-state index in [1.165, 1.54) is 0 Å². The van der Waals surface area contributed by atoms with E-state index in [0.29, 0.717) is 11.7 Å². The summed E-state index contributed by atoms with van der Waals surface area (Å²) in [5.74, 6) is 0.944. The SMILES string of the molecule is CC(C)C(C)C(=O)C1CC(C)(C)OC1(C)C. The first-order chi connectivity index (χ1) is 7.07. The molecule has 94 valence electrons. The minimum Gasteiger partial charge on any atom is -0.369 e. The first-order valence-corrected chi connectivity index (χ1v) is 6.31. The molecule has 0 spiro atoms. The van der Waals surface area contributed by atoms with Crippen LogP contribution < -0.4 is 0 Å². The largest absolute Gasteiger partial charge is 0.369 e. The van der Waals surface area contributed by atoms with E-state index >= 15 is 0 Å². The van der Waals surface area contributed by atoms with Crippen molar-refractivity contribution >= 4 is 5.78 Å². The molecule has 0 aromatic heterocycles. The predicted molar refractivity (Wildman–Crippen MR) is 66.4 cm³/mol. The lowest BCUT2D eigenvalue weighted by molar-refractivity contribution is -0.134. The van der Waals surface area contributed by atoms with Crippen molar-refractivity contribution in [2.45, 2.75) is 66.1 Å². The van der Waals surface area contributed by atoms with Gasteiger partial charge in [-0.15, -0.1) is 0 Å². The van der Waals surface area contributed by atoms with Crippen molar-refractivity contribution < 1.29 is 9.53 Å². The normalized spacial score (nSPS) is 29.4. The quantitative estimate of drug-likeness (QED) is 0.737. The summed E-state index contributed by atoms with van der Waals surface area (Å²) in [4.78, 5) is 12.4. The number of hydrogen-bond acceptors (Lipinski definition) is 2. The molecule has 0 saturated carbocycles. The summed E-state index contributed by atoms with van der Waals surface area (Å²) in [6.45, 7) is 14.5. The van der Waals surface area contributed by atoms with E-state index in [1.54, 1.807) is 0 Å². The van der Waals surface area contributed by atoms with Crippen molar-refractivity contribution in [1.82, 2.24) is 0 Å². The Labute approximate surface area is 99.8 Å². The summed E-state index contributed by atoms with van der Waals surface area (Å²) in [6.07, 6.45) is 0.843. The van der Waals surface area contributed by atoms with Crippen LogP contribution in [0.5, 0.6) is 0 Å². The molecular formula is C14H26O2. The number of ether oxygens (including phenoxy) is 1. The fourth-order valence-corrected chi connectivity index (χ4v) is 2.65. The molecule has 1 saturated heterocycles. The van der Waals surface area contributed by atoms with E-state index in [2.05, 4.69) is 27.7 Å². The Balaban J connectivity index is 2.85. The molecule has 0 bridgehead atoms. The molecule has 0 aliphatic carbocycles. The summed E-state index contributed by atoms with van der Waals surface area (Å²) >= 11 is 0. The van der Waals surface area contributed by atoms with Crippen molar-refractivity contribution in [3.63, 3.8) is 0 Å². The molecule has 1 aliphatic heterocycles. The second-order valence-electron chi connectivity index (χ2n) is 6.66. The van der Waals surface area contributed by atoms with Gasteiger partial charge < -0.3 is 4.74 Å². The van der Waals surface area contributed by atoms with E-state index in [1.807, 2.05) is 20.8 Å². The van der Waals surface area contributed by atoms with Gasteiger partial charge in [-0.05, 0) is 40.0 Å². The Morgan fingerprint density at radius 3 is 2.00 bits per heavy atom. The molecule has 1 aliphatic rings. The minimum atomic E-state index is -0.316. The standard InChI is InChI=1S/C14H26O2/c1-9(2)10(3)12(15)11-8-13(4,5)16-14(11,6)7/h9-11H,8H2,1-7H3. The maximum absolute atomic E-state index is 12.4. The minimum absolute atomic E-state index is 0.0416. The van der Waals surface area contributed by atoms with Gasteiger partial charge in [-0.25, -0.2) is 0 Å². The van der Waals surface area contributed by atoms with Gasteiger partial charge in [-0.2, -0.15) is 0 Å². The Morgan fingerprint density at radius 2 is 1.69 bits per heavy atom. The monoisotopic (exact) mass is 226 g/mol. The summed E-state index contributed by atoms with van der Waals surface area (Å²) in [6, 6.07) is 0. The zero-order chi connectivity index (χ0) is 12.7. The maximum Gasteiger partial charge on any atom is 0.141 e. The smallest absolute Gasteiger partial charge is 0.141 e. The molecule has 0 radical (unpaired) electrons. The van der Waals surface area contributed by atoms with Gasteiger partial charge in [0.1, 0.15) is 5.78 Å². The van der Waals surface area contributed by atoms with Gasteiger partial charge >= 0.3 is 0 Å². The lowest BCUT2D eigenvalue weighted by Gasteiger charge is -2.28. The average molecular weight is 226 g/mol. The Hall–Kier alpha value is -0.370. The number of carbonyl (C=O) groups excluding carboxylic acids is 1. The van der Waals surface area contributed by atoms with Gasteiger partial charge in [0.05, 0.1) is 11.2 Å². The molecular weight excluding hydrogens is 200 g/mol. The molecule has 1 rings (SSSR count). The highest BCUT2D eigenvalue weighted by molar-refractivity contribution is 5.84. The number of carbonyl (C=O) groups is 1. The molecule has 0 aromatic rings. The van der Waals surface area contributed by atoms with Crippen molar-refractivity contribution in [2.75, 3.05) is 0 Å². The van der Waals surface area contributed by atoms with E-state index in [4.69, 9.17) is 4.74 Å². The Kier molecular flexibility index (Phi) is 3.54. The first kappa shape index (κ1) is 13.7. The summed E-state index contributed by atoms with van der Waals surface area (Å²) < 4.78 is 5.98. The molecule has 0 amide bonds. The number of rotatable bonds is 3. The lowest BCUT2D eigenvalue weighted by atomic mass is 9.77. The van der Waals surface area contributed by atoms with Crippen molar-refractivity contribution in [2.24, 2.45) is 17.8 Å². The van der Waals surface area contributed by atoms with Crippen LogP contribution in [-0.2, 0) is 9.53 Å². The Morgan fingerprint density at radius 1 is 1.19 bits per heavy atom. The molecule has 16 heavy (non-hydrogen) atoms. The molecule has 1 fully saturated rings. The highest BCUT2D eigenvalue weighted by Crippen LogP contribution is 2.43. The van der Waals surface area contributed by atoms with Crippen LogP contribution in [0.3, 0.4) is 0 Å².